The van der Waals surface area contributed by atoms with Gasteiger partial charge in [0, 0.05) is 63.6 Å². The molecule has 2 fully saturated rings. The van der Waals surface area contributed by atoms with Crippen molar-refractivity contribution >= 4 is 49.5 Å². The Balaban J connectivity index is 1.12. The summed E-state index contributed by atoms with van der Waals surface area (Å²) >= 11 is 6.73. The molecule has 2 aliphatic rings. The second kappa shape index (κ2) is 14.3. The number of halogens is 3. The molecule has 246 valence electrons. The Morgan fingerprint density at radius 1 is 0.915 bits per heavy atom. The molecule has 0 radical (unpaired) electrons. The minimum atomic E-state index is -0.846. The van der Waals surface area contributed by atoms with Crippen LogP contribution in [0.5, 0.6) is 5.75 Å². The minimum Gasteiger partial charge on any atom is -0.506 e. The second-order valence-corrected chi connectivity index (χ2v) is 13.6. The zero-order chi connectivity index (χ0) is 33.1. The monoisotopic (exact) mass is 768 g/mol. The van der Waals surface area contributed by atoms with Gasteiger partial charge in [-0.1, -0.05) is 30.3 Å². The summed E-state index contributed by atoms with van der Waals surface area (Å²) in [6.07, 6.45) is 3.26. The van der Waals surface area contributed by atoms with E-state index in [1.165, 1.54) is 12.1 Å². The number of H-pyrrole nitrogens is 1. The van der Waals surface area contributed by atoms with Gasteiger partial charge in [-0.15, -0.1) is 0 Å². The molecule has 1 aromatic heterocycles. The number of nitrogens with zero attached hydrogens (tertiary/aromatic N) is 4. The molecule has 13 heteroatoms. The van der Waals surface area contributed by atoms with Gasteiger partial charge < -0.3 is 30.1 Å². The Morgan fingerprint density at radius 3 is 2.19 bits per heavy atom. The van der Waals surface area contributed by atoms with Crippen molar-refractivity contribution in [1.29, 1.82) is 0 Å². The van der Waals surface area contributed by atoms with Crippen LogP contribution in [0.1, 0.15) is 24.4 Å². The fraction of sp³-hybridized carbons (Fsp3) is 0.324. The van der Waals surface area contributed by atoms with Gasteiger partial charge in [0.05, 0.1) is 14.6 Å². The van der Waals surface area contributed by atoms with Gasteiger partial charge in [-0.2, -0.15) is 0 Å². The number of likely N-dealkylation sites (tertiary alicyclic amines) is 1. The molecule has 3 aromatic carbocycles. The maximum Gasteiger partial charge on any atom is 0.326 e. The summed E-state index contributed by atoms with van der Waals surface area (Å²) in [7, 11) is 0. The lowest BCUT2D eigenvalue weighted by Crippen LogP contribution is -2.57. The molecule has 1 atom stereocenters. The summed E-state index contributed by atoms with van der Waals surface area (Å²) < 4.78 is 16.1. The van der Waals surface area contributed by atoms with Crippen molar-refractivity contribution in [1.82, 2.24) is 24.7 Å². The van der Waals surface area contributed by atoms with E-state index in [4.69, 9.17) is 0 Å². The molecule has 0 unspecified atom stereocenters. The van der Waals surface area contributed by atoms with Gasteiger partial charge in [-0.05, 0) is 92.2 Å². The zero-order valence-electron chi connectivity index (χ0n) is 25.5. The lowest BCUT2D eigenvalue weighted by Gasteiger charge is -2.38. The molecular formula is C34H35Br2FN6O4. The number of carbonyl (C=O) groups excluding carboxylic acids is 2. The molecule has 0 saturated carbocycles. The zero-order valence-corrected chi connectivity index (χ0v) is 28.7. The number of carbonyl (C=O) groups is 2. The van der Waals surface area contributed by atoms with Gasteiger partial charge in [0.1, 0.15) is 17.6 Å². The molecule has 3 heterocycles. The number of rotatable bonds is 7. The first-order chi connectivity index (χ1) is 22.7. The highest BCUT2D eigenvalue weighted by Crippen LogP contribution is 2.34. The molecule has 0 spiro atoms. The van der Waals surface area contributed by atoms with Crippen LogP contribution in [0.4, 0.5) is 14.9 Å². The molecule has 2 saturated heterocycles. The first kappa shape index (κ1) is 32.8. The number of benzene rings is 3. The van der Waals surface area contributed by atoms with E-state index >= 15 is 0 Å². The quantitative estimate of drug-likeness (QED) is 0.229. The average molecular weight is 770 g/mol. The van der Waals surface area contributed by atoms with Crippen molar-refractivity contribution in [3.8, 4) is 17.0 Å². The van der Waals surface area contributed by atoms with E-state index in [1.54, 1.807) is 38.6 Å². The molecule has 4 aromatic rings. The normalized spacial score (nSPS) is 16.3. The smallest absolute Gasteiger partial charge is 0.326 e. The van der Waals surface area contributed by atoms with E-state index in [0.717, 1.165) is 22.5 Å². The van der Waals surface area contributed by atoms with Crippen LogP contribution in [0.15, 0.2) is 86.7 Å². The molecule has 10 nitrogen and oxygen atoms in total. The van der Waals surface area contributed by atoms with E-state index in [1.807, 2.05) is 36.5 Å². The average Bonchev–Trinajstić information content (AvgIpc) is 3.48. The van der Waals surface area contributed by atoms with Crippen molar-refractivity contribution in [2.24, 2.45) is 0 Å². The van der Waals surface area contributed by atoms with E-state index in [0.29, 0.717) is 61.1 Å². The maximum absolute atomic E-state index is 13.9. The molecule has 3 amide bonds. The van der Waals surface area contributed by atoms with Crippen LogP contribution in [0.25, 0.3) is 11.3 Å². The van der Waals surface area contributed by atoms with Crippen molar-refractivity contribution in [2.45, 2.75) is 31.3 Å². The third kappa shape index (κ3) is 7.57. The van der Waals surface area contributed by atoms with Gasteiger partial charge in [0.25, 0.3) is 0 Å². The molecule has 0 bridgehead atoms. The highest BCUT2D eigenvalue weighted by molar-refractivity contribution is 9.11. The molecular weight excluding hydrogens is 735 g/mol. The number of hydrogen-bond acceptors (Lipinski definition) is 5. The number of hydrogen-bond donors (Lipinski definition) is 3. The van der Waals surface area contributed by atoms with Crippen LogP contribution >= 0.6 is 31.9 Å². The van der Waals surface area contributed by atoms with Crippen LogP contribution in [-0.4, -0.2) is 81.7 Å². The number of aromatic hydroxyl groups is 1. The van der Waals surface area contributed by atoms with E-state index in [9.17, 15) is 23.9 Å². The summed E-state index contributed by atoms with van der Waals surface area (Å²) in [5.41, 5.74) is 3.15. The molecule has 0 aliphatic carbocycles. The van der Waals surface area contributed by atoms with Crippen LogP contribution in [0.2, 0.25) is 0 Å². The number of aromatic amines is 1. The predicted molar refractivity (Wildman–Crippen MR) is 185 cm³/mol. The van der Waals surface area contributed by atoms with E-state index in [-0.39, 0.29) is 41.7 Å². The molecule has 6 rings (SSSR count). The van der Waals surface area contributed by atoms with Crippen molar-refractivity contribution in [3.05, 3.63) is 104 Å². The topological polar surface area (TPSA) is 114 Å². The first-order valence-corrected chi connectivity index (χ1v) is 17.1. The summed E-state index contributed by atoms with van der Waals surface area (Å²) in [5, 5.41) is 13.2. The molecule has 47 heavy (non-hydrogen) atoms. The van der Waals surface area contributed by atoms with Crippen molar-refractivity contribution in [2.75, 3.05) is 44.2 Å². The van der Waals surface area contributed by atoms with Gasteiger partial charge in [0.2, 0.25) is 5.91 Å². The third-order valence-corrected chi connectivity index (χ3v) is 10.1. The summed E-state index contributed by atoms with van der Waals surface area (Å²) in [4.78, 5) is 48.8. The van der Waals surface area contributed by atoms with E-state index in [2.05, 4.69) is 47.1 Å². The van der Waals surface area contributed by atoms with Crippen molar-refractivity contribution in [3.63, 3.8) is 0 Å². The number of amides is 3. The van der Waals surface area contributed by atoms with Gasteiger partial charge in [0.15, 0.2) is 0 Å². The number of imidazole rings is 1. The lowest BCUT2D eigenvalue weighted by molar-refractivity contribution is -0.133. The minimum absolute atomic E-state index is 0.0536. The third-order valence-electron chi connectivity index (χ3n) is 8.87. The second-order valence-electron chi connectivity index (χ2n) is 11.9. The number of nitrogens with one attached hydrogen (secondary N) is 2. The maximum atomic E-state index is 13.9. The van der Waals surface area contributed by atoms with Crippen LogP contribution < -0.4 is 15.9 Å². The number of aromatic nitrogens is 2. The summed E-state index contributed by atoms with van der Waals surface area (Å²) in [5.74, 6) is -0.439. The fourth-order valence-corrected chi connectivity index (χ4v) is 7.54. The number of anilines is 1. The predicted octanol–water partition coefficient (Wildman–Crippen LogP) is 5.52. The fourth-order valence-electron chi connectivity index (χ4n) is 6.26. The number of phenolic OH excluding ortho intramolecular Hbond substituents is 1. The Hall–Kier alpha value is -4.10. The summed E-state index contributed by atoms with van der Waals surface area (Å²) in [6.45, 7) is 2.92. The lowest BCUT2D eigenvalue weighted by atomic mass is 10.0. The SMILES string of the molecule is O=C(N[C@H](Cc1cc(Br)c(O)c(Br)c1)C(=O)N1CCN(c2ccc(F)cc2)CC1)N1CCC(n2cc(-c3ccccc3)[nH]c2=O)CC1. The van der Waals surface area contributed by atoms with E-state index < -0.39 is 6.04 Å². The Bertz CT molecular complexity index is 1760. The Morgan fingerprint density at radius 2 is 1.55 bits per heavy atom. The molecule has 2 aliphatic heterocycles. The van der Waals surface area contributed by atoms with Gasteiger partial charge in [-0.25, -0.2) is 14.0 Å². The van der Waals surface area contributed by atoms with Crippen LogP contribution in [0, 0.1) is 5.82 Å². The molecule has 3 N–H and O–H groups in total. The Labute approximate surface area is 288 Å². The number of phenols is 1. The Kier molecular flexibility index (Phi) is 10.0. The van der Waals surface area contributed by atoms with Gasteiger partial charge in [-0.3, -0.25) is 9.36 Å². The van der Waals surface area contributed by atoms with Gasteiger partial charge >= 0.3 is 11.7 Å². The summed E-state index contributed by atoms with van der Waals surface area (Å²) in [6, 6.07) is 18.2. The first-order valence-electron chi connectivity index (χ1n) is 15.5. The number of piperidine rings is 1. The van der Waals surface area contributed by atoms with Crippen LogP contribution in [0.3, 0.4) is 0 Å². The number of urea groups is 1. The standard InChI is InChI=1S/C34H35Br2FN6O4/c35-27-18-22(19-28(36)31(27)44)20-29(32(45)41-16-14-40(15-17-41)25-8-6-24(37)7-9-25)38-33(46)42-12-10-26(11-13-42)43-21-30(39-34(43)47)23-4-2-1-3-5-23/h1-9,18-19,21,26,29,44H,10-17,20H2,(H,38,46)(H,39,47)/t29-/m1/s1. The highest BCUT2D eigenvalue weighted by Gasteiger charge is 2.32. The van der Waals surface area contributed by atoms with Crippen LogP contribution in [-0.2, 0) is 11.2 Å². The highest BCUT2D eigenvalue weighted by atomic mass is 79.9. The largest absolute Gasteiger partial charge is 0.506 e. The number of piperazine rings is 1. The van der Waals surface area contributed by atoms with Crippen molar-refractivity contribution < 1.29 is 19.1 Å².